The summed E-state index contributed by atoms with van der Waals surface area (Å²) in [6.45, 7) is 0. The molecule has 1 heteroatoms. The summed E-state index contributed by atoms with van der Waals surface area (Å²) in [6.07, 6.45) is 1.15. The zero-order chi connectivity index (χ0) is 9.54. The first-order valence-electron chi connectivity index (χ1n) is 5.09. The van der Waals surface area contributed by atoms with Crippen LogP contribution in [-0.4, -0.2) is 6.04 Å². The summed E-state index contributed by atoms with van der Waals surface area (Å²) in [7, 11) is 0. The number of benzene rings is 2. The van der Waals surface area contributed by atoms with Crippen molar-refractivity contribution < 1.29 is 0 Å². The van der Waals surface area contributed by atoms with Crippen LogP contribution in [0.4, 0.5) is 0 Å². The summed E-state index contributed by atoms with van der Waals surface area (Å²) < 4.78 is 0. The highest BCUT2D eigenvalue weighted by atomic mass is 14.7. The summed E-state index contributed by atoms with van der Waals surface area (Å²) in [6, 6.07) is 15.5. The lowest BCUT2D eigenvalue weighted by molar-refractivity contribution is 0.992. The SMILES string of the molecule is N[C@@H]1C[C@H]1c1ccc2ccccc2c1. The van der Waals surface area contributed by atoms with E-state index in [2.05, 4.69) is 42.5 Å². The van der Waals surface area contributed by atoms with Gasteiger partial charge in [-0.1, -0.05) is 42.5 Å². The van der Waals surface area contributed by atoms with Crippen molar-refractivity contribution in [2.24, 2.45) is 5.73 Å². The average molecular weight is 183 g/mol. The molecule has 0 amide bonds. The molecule has 2 aromatic carbocycles. The van der Waals surface area contributed by atoms with Gasteiger partial charge in [0.2, 0.25) is 0 Å². The molecule has 0 aliphatic heterocycles. The maximum atomic E-state index is 5.84. The predicted molar refractivity (Wildman–Crippen MR) is 59.3 cm³/mol. The van der Waals surface area contributed by atoms with Crippen molar-refractivity contribution in [2.45, 2.75) is 18.4 Å². The van der Waals surface area contributed by atoms with Gasteiger partial charge in [-0.3, -0.25) is 0 Å². The van der Waals surface area contributed by atoms with Gasteiger partial charge in [0.15, 0.2) is 0 Å². The van der Waals surface area contributed by atoms with Gasteiger partial charge in [-0.2, -0.15) is 0 Å². The van der Waals surface area contributed by atoms with Crippen LogP contribution < -0.4 is 5.73 Å². The molecule has 0 radical (unpaired) electrons. The van der Waals surface area contributed by atoms with Crippen LogP contribution >= 0.6 is 0 Å². The molecule has 3 rings (SSSR count). The van der Waals surface area contributed by atoms with Crippen molar-refractivity contribution in [3.8, 4) is 0 Å². The second kappa shape index (κ2) is 2.82. The summed E-state index contributed by atoms with van der Waals surface area (Å²) in [5.74, 6) is 0.611. The van der Waals surface area contributed by atoms with Crippen molar-refractivity contribution in [1.82, 2.24) is 0 Å². The lowest BCUT2D eigenvalue weighted by atomic mass is 10.0. The fourth-order valence-electron chi connectivity index (χ4n) is 2.04. The van der Waals surface area contributed by atoms with Crippen molar-refractivity contribution >= 4 is 10.8 Å². The van der Waals surface area contributed by atoms with Crippen molar-refractivity contribution in [3.63, 3.8) is 0 Å². The third kappa shape index (κ3) is 1.21. The number of hydrogen-bond donors (Lipinski definition) is 1. The van der Waals surface area contributed by atoms with Crippen LogP contribution in [0.5, 0.6) is 0 Å². The van der Waals surface area contributed by atoms with E-state index < -0.39 is 0 Å². The van der Waals surface area contributed by atoms with Gasteiger partial charge in [0.1, 0.15) is 0 Å². The number of fused-ring (bicyclic) bond motifs is 1. The Labute approximate surface area is 83.5 Å². The lowest BCUT2D eigenvalue weighted by Gasteiger charge is -2.01. The Kier molecular flexibility index (Phi) is 1.62. The van der Waals surface area contributed by atoms with Gasteiger partial charge in [-0.15, -0.1) is 0 Å². The Balaban J connectivity index is 2.11. The van der Waals surface area contributed by atoms with Gasteiger partial charge in [-0.25, -0.2) is 0 Å². The summed E-state index contributed by atoms with van der Waals surface area (Å²) >= 11 is 0. The van der Waals surface area contributed by atoms with Crippen molar-refractivity contribution in [1.29, 1.82) is 0 Å². The third-order valence-corrected chi connectivity index (χ3v) is 3.04. The molecule has 0 saturated heterocycles. The molecule has 0 bridgehead atoms. The van der Waals surface area contributed by atoms with E-state index in [0.29, 0.717) is 12.0 Å². The van der Waals surface area contributed by atoms with Crippen LogP contribution in [0, 0.1) is 0 Å². The van der Waals surface area contributed by atoms with Crippen LogP contribution in [0.2, 0.25) is 0 Å². The van der Waals surface area contributed by atoms with Gasteiger partial charge >= 0.3 is 0 Å². The molecule has 0 aromatic heterocycles. The minimum Gasteiger partial charge on any atom is -0.327 e. The molecule has 1 aliphatic rings. The maximum Gasteiger partial charge on any atom is 0.0115 e. The number of nitrogens with two attached hydrogens (primary N) is 1. The molecule has 0 unspecified atom stereocenters. The standard InChI is InChI=1S/C13H13N/c14-13-8-12(13)11-6-5-9-3-1-2-4-10(9)7-11/h1-7,12-13H,8,14H2/t12-,13+/m0/s1. The van der Waals surface area contributed by atoms with Gasteiger partial charge in [0.25, 0.3) is 0 Å². The molecule has 1 fully saturated rings. The van der Waals surface area contributed by atoms with E-state index in [0.717, 1.165) is 6.42 Å². The van der Waals surface area contributed by atoms with Crippen LogP contribution in [-0.2, 0) is 0 Å². The van der Waals surface area contributed by atoms with Gasteiger partial charge in [0, 0.05) is 12.0 Å². The molecule has 2 aromatic rings. The first kappa shape index (κ1) is 8.01. The molecule has 0 spiro atoms. The smallest absolute Gasteiger partial charge is 0.0115 e. The first-order chi connectivity index (χ1) is 6.84. The van der Waals surface area contributed by atoms with E-state index >= 15 is 0 Å². The molecular formula is C13H13N. The van der Waals surface area contributed by atoms with E-state index in [9.17, 15) is 0 Å². The molecule has 2 N–H and O–H groups in total. The van der Waals surface area contributed by atoms with Crippen LogP contribution in [0.3, 0.4) is 0 Å². The highest BCUT2D eigenvalue weighted by Gasteiger charge is 2.34. The third-order valence-electron chi connectivity index (χ3n) is 3.04. The number of rotatable bonds is 1. The number of hydrogen-bond acceptors (Lipinski definition) is 1. The zero-order valence-electron chi connectivity index (χ0n) is 7.98. The quantitative estimate of drug-likeness (QED) is 0.722. The van der Waals surface area contributed by atoms with Crippen molar-refractivity contribution in [3.05, 3.63) is 48.0 Å². The predicted octanol–water partition coefficient (Wildman–Crippen LogP) is 2.65. The van der Waals surface area contributed by atoms with Gasteiger partial charge in [-0.05, 0) is 22.8 Å². The maximum absolute atomic E-state index is 5.84. The summed E-state index contributed by atoms with van der Waals surface area (Å²) in [5.41, 5.74) is 7.24. The fraction of sp³-hybridized carbons (Fsp3) is 0.231. The van der Waals surface area contributed by atoms with Crippen LogP contribution in [0.1, 0.15) is 17.9 Å². The topological polar surface area (TPSA) is 26.0 Å². The van der Waals surface area contributed by atoms with Crippen LogP contribution in [0.25, 0.3) is 10.8 Å². The minimum atomic E-state index is 0.399. The van der Waals surface area contributed by atoms with Gasteiger partial charge < -0.3 is 5.73 Å². The van der Waals surface area contributed by atoms with E-state index in [4.69, 9.17) is 5.73 Å². The van der Waals surface area contributed by atoms with E-state index in [1.165, 1.54) is 16.3 Å². The second-order valence-electron chi connectivity index (χ2n) is 4.11. The monoisotopic (exact) mass is 183 g/mol. The molecule has 1 nitrogen and oxygen atoms in total. The second-order valence-corrected chi connectivity index (χ2v) is 4.11. The largest absolute Gasteiger partial charge is 0.327 e. The van der Waals surface area contributed by atoms with Gasteiger partial charge in [0.05, 0.1) is 0 Å². The normalized spacial score (nSPS) is 25.2. The Hall–Kier alpha value is -1.34. The van der Waals surface area contributed by atoms with E-state index in [1.807, 2.05) is 0 Å². The molecule has 70 valence electrons. The highest BCUT2D eigenvalue weighted by Crippen LogP contribution is 2.39. The van der Waals surface area contributed by atoms with E-state index in [1.54, 1.807) is 0 Å². The van der Waals surface area contributed by atoms with Crippen molar-refractivity contribution in [2.75, 3.05) is 0 Å². The Morgan fingerprint density at radius 3 is 2.43 bits per heavy atom. The molecule has 2 atom stereocenters. The molecule has 1 saturated carbocycles. The van der Waals surface area contributed by atoms with E-state index in [-0.39, 0.29) is 0 Å². The average Bonchev–Trinajstić information content (AvgIpc) is 2.95. The zero-order valence-corrected chi connectivity index (χ0v) is 7.98. The molecule has 0 heterocycles. The first-order valence-corrected chi connectivity index (χ1v) is 5.09. The Morgan fingerprint density at radius 1 is 1.00 bits per heavy atom. The highest BCUT2D eigenvalue weighted by molar-refractivity contribution is 5.83. The molecule has 14 heavy (non-hydrogen) atoms. The molecular weight excluding hydrogens is 170 g/mol. The Bertz CT molecular complexity index is 475. The minimum absolute atomic E-state index is 0.399. The lowest BCUT2D eigenvalue weighted by Crippen LogP contribution is -2.00. The molecule has 1 aliphatic carbocycles. The fourth-order valence-corrected chi connectivity index (χ4v) is 2.04. The Morgan fingerprint density at radius 2 is 1.71 bits per heavy atom. The summed E-state index contributed by atoms with van der Waals surface area (Å²) in [4.78, 5) is 0. The van der Waals surface area contributed by atoms with Crippen LogP contribution in [0.15, 0.2) is 42.5 Å². The summed E-state index contributed by atoms with van der Waals surface area (Å²) in [5, 5.41) is 2.63.